The highest BCUT2D eigenvalue weighted by atomic mass is 127. The van der Waals surface area contributed by atoms with E-state index in [1.54, 1.807) is 30.3 Å². The maximum Gasteiger partial charge on any atom is 0.265 e. The molecular formula is C12H10INO3S. The van der Waals surface area contributed by atoms with Crippen molar-refractivity contribution in [3.8, 4) is 5.75 Å². The molecule has 0 heterocycles. The largest absolute Gasteiger partial charge is 0.507 e. The average molecular weight is 375 g/mol. The van der Waals surface area contributed by atoms with Gasteiger partial charge in [-0.25, -0.2) is 8.42 Å². The number of aromatic hydroxyl groups is 1. The lowest BCUT2D eigenvalue weighted by molar-refractivity contribution is 0.459. The minimum atomic E-state index is -3.77. The van der Waals surface area contributed by atoms with Crippen molar-refractivity contribution < 1.29 is 13.5 Å². The third-order valence-electron chi connectivity index (χ3n) is 2.27. The molecule has 0 fully saturated rings. The summed E-state index contributed by atoms with van der Waals surface area (Å²) in [6.07, 6.45) is 0. The fourth-order valence-electron chi connectivity index (χ4n) is 1.43. The molecule has 0 aliphatic carbocycles. The van der Waals surface area contributed by atoms with Crippen LogP contribution in [-0.2, 0) is 10.0 Å². The Morgan fingerprint density at radius 3 is 2.28 bits per heavy atom. The third kappa shape index (κ3) is 2.75. The normalized spacial score (nSPS) is 11.2. The Hall–Kier alpha value is -1.28. The van der Waals surface area contributed by atoms with Crippen molar-refractivity contribution in [2.24, 2.45) is 0 Å². The predicted molar refractivity (Wildman–Crippen MR) is 78.1 cm³/mol. The summed E-state index contributed by atoms with van der Waals surface area (Å²) in [5.74, 6) is -0.268. The van der Waals surface area contributed by atoms with Crippen LogP contribution in [0.4, 0.5) is 5.69 Å². The van der Waals surface area contributed by atoms with Crippen molar-refractivity contribution in [3.05, 3.63) is 52.1 Å². The van der Waals surface area contributed by atoms with E-state index in [1.807, 2.05) is 28.7 Å². The molecule has 94 valence electrons. The standard InChI is InChI=1S/C12H10INO3S/c13-9-5-1-2-6-10(9)14-18(16,17)12-8-4-3-7-11(12)15/h1-8,14-15H. The fraction of sp³-hybridized carbons (Fsp3) is 0. The van der Waals surface area contributed by atoms with Gasteiger partial charge in [-0.3, -0.25) is 4.72 Å². The number of sulfonamides is 1. The maximum absolute atomic E-state index is 12.1. The van der Waals surface area contributed by atoms with Crippen LogP contribution in [0.1, 0.15) is 0 Å². The first-order valence-electron chi connectivity index (χ1n) is 5.06. The van der Waals surface area contributed by atoms with E-state index in [4.69, 9.17) is 0 Å². The van der Waals surface area contributed by atoms with E-state index in [0.29, 0.717) is 5.69 Å². The van der Waals surface area contributed by atoms with Gasteiger partial charge < -0.3 is 5.11 Å². The zero-order valence-corrected chi connectivity index (χ0v) is 12.1. The van der Waals surface area contributed by atoms with Gasteiger partial charge in [-0.2, -0.15) is 0 Å². The van der Waals surface area contributed by atoms with Crippen LogP contribution in [0.25, 0.3) is 0 Å². The molecule has 18 heavy (non-hydrogen) atoms. The van der Waals surface area contributed by atoms with Crippen molar-refractivity contribution >= 4 is 38.3 Å². The van der Waals surface area contributed by atoms with Gasteiger partial charge in [0, 0.05) is 3.57 Å². The number of halogens is 1. The predicted octanol–water partition coefficient (Wildman–Crippen LogP) is 2.80. The summed E-state index contributed by atoms with van der Waals surface area (Å²) in [5.41, 5.74) is 0.487. The van der Waals surface area contributed by atoms with Crippen molar-refractivity contribution in [3.63, 3.8) is 0 Å². The van der Waals surface area contributed by atoms with Crippen molar-refractivity contribution in [2.45, 2.75) is 4.90 Å². The number of hydrogen-bond acceptors (Lipinski definition) is 3. The molecule has 0 saturated carbocycles. The fourth-order valence-corrected chi connectivity index (χ4v) is 3.31. The summed E-state index contributed by atoms with van der Waals surface area (Å²) < 4.78 is 27.4. The molecule has 2 N–H and O–H groups in total. The van der Waals surface area contributed by atoms with Crippen LogP contribution in [0.3, 0.4) is 0 Å². The smallest absolute Gasteiger partial charge is 0.265 e. The number of anilines is 1. The van der Waals surface area contributed by atoms with Crippen LogP contribution in [0.15, 0.2) is 53.4 Å². The molecule has 0 amide bonds. The zero-order valence-electron chi connectivity index (χ0n) is 9.17. The summed E-state index contributed by atoms with van der Waals surface area (Å²) >= 11 is 2.04. The highest BCUT2D eigenvalue weighted by Crippen LogP contribution is 2.26. The Bertz CT molecular complexity index is 671. The van der Waals surface area contributed by atoms with Gasteiger partial charge in [0.15, 0.2) is 0 Å². The summed E-state index contributed by atoms with van der Waals surface area (Å²) in [6.45, 7) is 0. The first-order valence-corrected chi connectivity index (χ1v) is 7.62. The molecular weight excluding hydrogens is 365 g/mol. The molecule has 0 aromatic heterocycles. The van der Waals surface area contributed by atoms with Gasteiger partial charge in [-0.05, 0) is 46.9 Å². The molecule has 6 heteroatoms. The number of para-hydroxylation sites is 2. The van der Waals surface area contributed by atoms with Gasteiger partial charge in [-0.15, -0.1) is 0 Å². The zero-order chi connectivity index (χ0) is 13.2. The Morgan fingerprint density at radius 2 is 1.61 bits per heavy atom. The molecule has 0 unspecified atom stereocenters. The van der Waals surface area contributed by atoms with Gasteiger partial charge in [0.25, 0.3) is 10.0 Å². The van der Waals surface area contributed by atoms with Crippen molar-refractivity contribution in [1.82, 2.24) is 0 Å². The first-order chi connectivity index (χ1) is 8.50. The summed E-state index contributed by atoms with van der Waals surface area (Å²) in [6, 6.07) is 12.8. The average Bonchev–Trinajstić information content (AvgIpc) is 2.32. The number of hydrogen-bond donors (Lipinski definition) is 2. The molecule has 0 aliphatic rings. The molecule has 0 spiro atoms. The Kier molecular flexibility index (Phi) is 3.76. The Labute approximate surface area is 119 Å². The monoisotopic (exact) mass is 375 g/mol. The third-order valence-corrected chi connectivity index (χ3v) is 4.63. The van der Waals surface area contributed by atoms with Gasteiger partial charge in [-0.1, -0.05) is 24.3 Å². The second-order valence-corrected chi connectivity index (χ2v) is 6.37. The number of phenols is 1. The van der Waals surface area contributed by atoms with Gasteiger partial charge in [0.1, 0.15) is 10.6 Å². The second kappa shape index (κ2) is 5.15. The molecule has 0 aliphatic heterocycles. The van der Waals surface area contributed by atoms with Crippen LogP contribution in [0.2, 0.25) is 0 Å². The van der Waals surface area contributed by atoms with E-state index in [0.717, 1.165) is 3.57 Å². The lowest BCUT2D eigenvalue weighted by atomic mass is 10.3. The first kappa shape index (κ1) is 13.2. The number of nitrogens with one attached hydrogen (secondary N) is 1. The Morgan fingerprint density at radius 1 is 1.00 bits per heavy atom. The summed E-state index contributed by atoms with van der Waals surface area (Å²) in [7, 11) is -3.77. The molecule has 2 aromatic carbocycles. The number of rotatable bonds is 3. The van der Waals surface area contributed by atoms with Gasteiger partial charge in [0.05, 0.1) is 5.69 Å². The van der Waals surface area contributed by atoms with E-state index in [2.05, 4.69) is 4.72 Å². The van der Waals surface area contributed by atoms with Crippen LogP contribution < -0.4 is 4.72 Å². The topological polar surface area (TPSA) is 66.4 Å². The molecule has 2 aromatic rings. The van der Waals surface area contributed by atoms with E-state index in [-0.39, 0.29) is 10.6 Å². The van der Waals surface area contributed by atoms with E-state index in [9.17, 15) is 13.5 Å². The van der Waals surface area contributed by atoms with Crippen LogP contribution in [-0.4, -0.2) is 13.5 Å². The second-order valence-electron chi connectivity index (χ2n) is 3.55. The van der Waals surface area contributed by atoms with Gasteiger partial charge in [0.2, 0.25) is 0 Å². The van der Waals surface area contributed by atoms with Crippen molar-refractivity contribution in [2.75, 3.05) is 4.72 Å². The number of benzene rings is 2. The number of phenolic OH excluding ortho intramolecular Hbond substituents is 1. The van der Waals surface area contributed by atoms with E-state index < -0.39 is 10.0 Å². The summed E-state index contributed by atoms with van der Waals surface area (Å²) in [5, 5.41) is 9.57. The quantitative estimate of drug-likeness (QED) is 0.811. The highest BCUT2D eigenvalue weighted by Gasteiger charge is 2.18. The lowest BCUT2D eigenvalue weighted by Crippen LogP contribution is -2.13. The molecule has 0 bridgehead atoms. The maximum atomic E-state index is 12.1. The van der Waals surface area contributed by atoms with Gasteiger partial charge >= 0.3 is 0 Å². The SMILES string of the molecule is O=S(=O)(Nc1ccccc1I)c1ccccc1O. The van der Waals surface area contributed by atoms with Crippen LogP contribution >= 0.6 is 22.6 Å². The molecule has 0 radical (unpaired) electrons. The molecule has 4 nitrogen and oxygen atoms in total. The molecule has 0 saturated heterocycles. The van der Waals surface area contributed by atoms with E-state index >= 15 is 0 Å². The summed E-state index contributed by atoms with van der Waals surface area (Å²) in [4.78, 5) is -0.135. The lowest BCUT2D eigenvalue weighted by Gasteiger charge is -2.10. The minimum absolute atomic E-state index is 0.135. The van der Waals surface area contributed by atoms with Crippen molar-refractivity contribution in [1.29, 1.82) is 0 Å². The highest BCUT2D eigenvalue weighted by molar-refractivity contribution is 14.1. The molecule has 2 rings (SSSR count). The van der Waals surface area contributed by atoms with E-state index in [1.165, 1.54) is 12.1 Å². The molecule has 0 atom stereocenters. The Balaban J connectivity index is 2.40. The van der Waals surface area contributed by atoms with Crippen LogP contribution in [0, 0.1) is 3.57 Å². The minimum Gasteiger partial charge on any atom is -0.507 e. The van der Waals surface area contributed by atoms with Crippen LogP contribution in [0.5, 0.6) is 5.75 Å².